The van der Waals surface area contributed by atoms with Gasteiger partial charge < -0.3 is 10.0 Å². The zero-order valence-corrected chi connectivity index (χ0v) is 14.3. The van der Waals surface area contributed by atoms with Crippen molar-refractivity contribution in [2.24, 2.45) is 0 Å². The number of hydrogen-bond donors (Lipinski definition) is 1. The molecule has 0 amide bonds. The zero-order valence-electron chi connectivity index (χ0n) is 12.6. The van der Waals surface area contributed by atoms with Crippen LogP contribution in [-0.4, -0.2) is 29.6 Å². The molecule has 0 aromatic heterocycles. The maximum Gasteiger partial charge on any atom is 0.115 e. The van der Waals surface area contributed by atoms with Crippen LogP contribution < -0.4 is 0 Å². The summed E-state index contributed by atoms with van der Waals surface area (Å²) < 4.78 is 0. The van der Waals surface area contributed by atoms with Crippen molar-refractivity contribution >= 4 is 17.0 Å². The molecule has 1 N–H and O–H groups in total. The zero-order chi connectivity index (χ0) is 13.5. The van der Waals surface area contributed by atoms with E-state index >= 15 is 0 Å². The molecule has 1 aromatic carbocycles. The Morgan fingerprint density at radius 2 is 2.20 bits per heavy atom. The van der Waals surface area contributed by atoms with Crippen LogP contribution in [0.25, 0.3) is 0 Å². The van der Waals surface area contributed by atoms with Gasteiger partial charge in [-0.2, -0.15) is 0 Å². The number of likely N-dealkylation sites (tertiary alicyclic amines) is 1. The molecule has 1 aliphatic carbocycles. The Hall–Kier alpha value is -0.540. The van der Waals surface area contributed by atoms with Crippen LogP contribution in [0.1, 0.15) is 50.2 Å². The first-order valence-corrected chi connectivity index (χ1v) is 7.70. The van der Waals surface area contributed by atoms with Gasteiger partial charge in [-0.1, -0.05) is 25.8 Å². The number of hydrogen-bond acceptors (Lipinski definition) is 2. The topological polar surface area (TPSA) is 23.5 Å². The number of halogens is 1. The Labute approximate surface area is 133 Å². The van der Waals surface area contributed by atoms with Gasteiger partial charge >= 0.3 is 0 Å². The molecular formula is C17H26BrNO. The van der Waals surface area contributed by atoms with Crippen molar-refractivity contribution in [3.63, 3.8) is 0 Å². The minimum atomic E-state index is 0. The van der Waals surface area contributed by atoms with Crippen LogP contribution in [0.5, 0.6) is 5.75 Å². The van der Waals surface area contributed by atoms with Crippen LogP contribution in [0.4, 0.5) is 0 Å². The summed E-state index contributed by atoms with van der Waals surface area (Å²) in [5.74, 6) is 0.435. The molecule has 3 rings (SSSR count). The quantitative estimate of drug-likeness (QED) is 0.897. The Balaban J connectivity index is 0.00000147. The summed E-state index contributed by atoms with van der Waals surface area (Å²) in [5, 5.41) is 9.90. The summed E-state index contributed by atoms with van der Waals surface area (Å²) in [5.41, 5.74) is 3.22. The van der Waals surface area contributed by atoms with E-state index in [0.717, 1.165) is 0 Å². The summed E-state index contributed by atoms with van der Waals surface area (Å²) in [6.45, 7) is 3.47. The molecule has 20 heavy (non-hydrogen) atoms. The predicted molar refractivity (Wildman–Crippen MR) is 89.0 cm³/mol. The van der Waals surface area contributed by atoms with E-state index in [2.05, 4.69) is 31.0 Å². The molecule has 2 nitrogen and oxygen atoms in total. The highest BCUT2D eigenvalue weighted by Crippen LogP contribution is 2.50. The van der Waals surface area contributed by atoms with Crippen molar-refractivity contribution in [1.82, 2.24) is 4.90 Å². The van der Waals surface area contributed by atoms with E-state index in [4.69, 9.17) is 0 Å². The first-order chi connectivity index (χ1) is 9.17. The molecule has 1 saturated heterocycles. The molecule has 3 heteroatoms. The SMILES string of the molecule is Br.CCCC[C@@]12CCN(C)[C@@H]1CCc1ccc(O)cc12. The van der Waals surface area contributed by atoms with Gasteiger partial charge in [0.2, 0.25) is 0 Å². The first kappa shape index (κ1) is 15.8. The molecule has 0 spiro atoms. The van der Waals surface area contributed by atoms with E-state index < -0.39 is 0 Å². The predicted octanol–water partition coefficient (Wildman–Crippen LogP) is 4.05. The summed E-state index contributed by atoms with van der Waals surface area (Å²) >= 11 is 0. The van der Waals surface area contributed by atoms with E-state index in [1.807, 2.05) is 6.07 Å². The molecule has 0 unspecified atom stereocenters. The lowest BCUT2D eigenvalue weighted by Gasteiger charge is -2.43. The van der Waals surface area contributed by atoms with Gasteiger partial charge in [0.05, 0.1) is 0 Å². The standard InChI is InChI=1S/C17H25NO.BrH/c1-3-4-9-17-10-11-18(2)16(17)8-6-13-5-7-14(19)12-15(13)17;/h5,7,12,16,19H,3-4,6,8-11H2,1-2H3;1H/t16-,17+;/m1./s1. The largest absolute Gasteiger partial charge is 0.508 e. The third-order valence-electron chi connectivity index (χ3n) is 5.37. The van der Waals surface area contributed by atoms with Gasteiger partial charge in [-0.3, -0.25) is 0 Å². The molecule has 0 bridgehead atoms. The number of benzene rings is 1. The summed E-state index contributed by atoms with van der Waals surface area (Å²) in [4.78, 5) is 2.54. The van der Waals surface area contributed by atoms with Gasteiger partial charge in [-0.25, -0.2) is 0 Å². The van der Waals surface area contributed by atoms with Crippen LogP contribution in [0.2, 0.25) is 0 Å². The van der Waals surface area contributed by atoms with Gasteiger partial charge in [0.25, 0.3) is 0 Å². The Bertz CT molecular complexity index is 476. The lowest BCUT2D eigenvalue weighted by Crippen LogP contribution is -2.44. The minimum Gasteiger partial charge on any atom is -0.508 e. The lowest BCUT2D eigenvalue weighted by molar-refractivity contribution is 0.204. The van der Waals surface area contributed by atoms with E-state index in [1.54, 1.807) is 0 Å². The van der Waals surface area contributed by atoms with Crippen molar-refractivity contribution in [2.75, 3.05) is 13.6 Å². The molecular weight excluding hydrogens is 314 g/mol. The summed E-state index contributed by atoms with van der Waals surface area (Å²) in [7, 11) is 2.27. The Kier molecular flexibility index (Phi) is 4.80. The molecule has 0 radical (unpaired) electrons. The van der Waals surface area contributed by atoms with Crippen molar-refractivity contribution in [1.29, 1.82) is 0 Å². The number of nitrogens with zero attached hydrogens (tertiary/aromatic N) is 1. The first-order valence-electron chi connectivity index (χ1n) is 7.70. The maximum atomic E-state index is 9.90. The molecule has 112 valence electrons. The average Bonchev–Trinajstić information content (AvgIpc) is 2.75. The van der Waals surface area contributed by atoms with E-state index in [9.17, 15) is 5.11 Å². The highest BCUT2D eigenvalue weighted by Gasteiger charge is 2.49. The smallest absolute Gasteiger partial charge is 0.115 e. The fraction of sp³-hybridized carbons (Fsp3) is 0.647. The highest BCUT2D eigenvalue weighted by atomic mass is 79.9. The third kappa shape index (κ3) is 2.39. The molecule has 1 aromatic rings. The van der Waals surface area contributed by atoms with Crippen LogP contribution in [0.15, 0.2) is 18.2 Å². The number of likely N-dealkylation sites (N-methyl/N-ethyl adjacent to an activating group) is 1. The fourth-order valence-corrected chi connectivity index (χ4v) is 4.39. The summed E-state index contributed by atoms with van der Waals surface area (Å²) in [6, 6.07) is 6.72. The second kappa shape index (κ2) is 6.07. The molecule has 2 aliphatic rings. The average molecular weight is 340 g/mol. The number of unbranched alkanes of at least 4 members (excludes halogenated alkanes) is 1. The number of fused-ring (bicyclic) bond motifs is 3. The maximum absolute atomic E-state index is 9.90. The van der Waals surface area contributed by atoms with Crippen LogP contribution in [-0.2, 0) is 11.8 Å². The van der Waals surface area contributed by atoms with Gasteiger partial charge in [0.1, 0.15) is 5.75 Å². The Morgan fingerprint density at radius 1 is 1.40 bits per heavy atom. The van der Waals surface area contributed by atoms with Crippen LogP contribution in [0.3, 0.4) is 0 Å². The number of rotatable bonds is 3. The minimum absolute atomic E-state index is 0. The van der Waals surface area contributed by atoms with Crippen LogP contribution in [0, 0.1) is 0 Å². The van der Waals surface area contributed by atoms with Gasteiger partial charge in [0, 0.05) is 11.5 Å². The van der Waals surface area contributed by atoms with Gasteiger partial charge in [-0.15, -0.1) is 17.0 Å². The summed E-state index contributed by atoms with van der Waals surface area (Å²) in [6.07, 6.45) is 7.52. The third-order valence-corrected chi connectivity index (χ3v) is 5.37. The van der Waals surface area contributed by atoms with Crippen molar-refractivity contribution in [3.05, 3.63) is 29.3 Å². The van der Waals surface area contributed by atoms with E-state index in [1.165, 1.54) is 56.2 Å². The number of aryl methyl sites for hydroxylation is 1. The number of phenols is 1. The molecule has 1 heterocycles. The lowest BCUT2D eigenvalue weighted by atomic mass is 9.64. The molecule has 0 saturated carbocycles. The normalized spacial score (nSPS) is 28.6. The van der Waals surface area contributed by atoms with Crippen molar-refractivity contribution in [3.8, 4) is 5.75 Å². The Morgan fingerprint density at radius 3 is 2.95 bits per heavy atom. The number of aromatic hydroxyl groups is 1. The van der Waals surface area contributed by atoms with E-state index in [-0.39, 0.29) is 17.0 Å². The molecule has 1 fully saturated rings. The molecule has 1 aliphatic heterocycles. The van der Waals surface area contributed by atoms with Gasteiger partial charge in [0.15, 0.2) is 0 Å². The van der Waals surface area contributed by atoms with E-state index in [0.29, 0.717) is 17.2 Å². The van der Waals surface area contributed by atoms with Crippen molar-refractivity contribution in [2.45, 2.75) is 56.9 Å². The number of phenolic OH excluding ortho intramolecular Hbond substituents is 1. The van der Waals surface area contributed by atoms with Gasteiger partial charge in [-0.05, 0) is 62.5 Å². The second-order valence-corrected chi connectivity index (χ2v) is 6.39. The highest BCUT2D eigenvalue weighted by molar-refractivity contribution is 8.93. The molecule has 2 atom stereocenters. The van der Waals surface area contributed by atoms with Crippen LogP contribution >= 0.6 is 17.0 Å². The second-order valence-electron chi connectivity index (χ2n) is 6.39. The monoisotopic (exact) mass is 339 g/mol. The fourth-order valence-electron chi connectivity index (χ4n) is 4.39. The van der Waals surface area contributed by atoms with Crippen molar-refractivity contribution < 1.29 is 5.11 Å².